The van der Waals surface area contributed by atoms with Crippen molar-refractivity contribution >= 4 is 5.97 Å². The molecule has 0 amide bonds. The molecule has 0 radical (unpaired) electrons. The largest absolute Gasteiger partial charge is 0.494 e. The standard InChI is InChI=1S/C12H15FO3/c1-12(2,11(14)15)7-8-4-5-10(16-3)9(13)6-8/h4-6H,7H2,1-3H3,(H,14,15). The predicted octanol–water partition coefficient (Wildman–Crippen LogP) is 2.49. The maximum atomic E-state index is 13.4. The van der Waals surface area contributed by atoms with Gasteiger partial charge in [-0.05, 0) is 38.0 Å². The second-order valence-corrected chi connectivity index (χ2v) is 4.33. The predicted molar refractivity (Wildman–Crippen MR) is 58.1 cm³/mol. The summed E-state index contributed by atoms with van der Waals surface area (Å²) in [5.74, 6) is -1.21. The Hall–Kier alpha value is -1.58. The Balaban J connectivity index is 2.91. The normalized spacial score (nSPS) is 11.2. The molecule has 1 aromatic rings. The highest BCUT2D eigenvalue weighted by molar-refractivity contribution is 5.74. The lowest BCUT2D eigenvalue weighted by Gasteiger charge is -2.19. The first kappa shape index (κ1) is 12.5. The van der Waals surface area contributed by atoms with Gasteiger partial charge in [0.2, 0.25) is 0 Å². The number of hydrogen-bond acceptors (Lipinski definition) is 2. The van der Waals surface area contributed by atoms with Gasteiger partial charge in [-0.3, -0.25) is 4.79 Å². The van der Waals surface area contributed by atoms with Crippen molar-refractivity contribution in [2.24, 2.45) is 5.41 Å². The third-order valence-electron chi connectivity index (χ3n) is 2.44. The van der Waals surface area contributed by atoms with Crippen molar-refractivity contribution in [2.75, 3.05) is 7.11 Å². The minimum atomic E-state index is -0.902. The number of carbonyl (C=O) groups is 1. The van der Waals surface area contributed by atoms with Gasteiger partial charge in [-0.15, -0.1) is 0 Å². The first-order valence-corrected chi connectivity index (χ1v) is 4.92. The van der Waals surface area contributed by atoms with Crippen LogP contribution in [0.25, 0.3) is 0 Å². The van der Waals surface area contributed by atoms with Crippen LogP contribution in [0.5, 0.6) is 5.75 Å². The fraction of sp³-hybridized carbons (Fsp3) is 0.417. The van der Waals surface area contributed by atoms with Crippen molar-refractivity contribution in [2.45, 2.75) is 20.3 Å². The number of hydrogen-bond donors (Lipinski definition) is 1. The first-order chi connectivity index (χ1) is 7.36. The van der Waals surface area contributed by atoms with Gasteiger partial charge in [-0.2, -0.15) is 0 Å². The highest BCUT2D eigenvalue weighted by Gasteiger charge is 2.27. The number of aliphatic carboxylic acids is 1. The zero-order valence-corrected chi connectivity index (χ0v) is 9.58. The molecule has 0 saturated heterocycles. The second kappa shape index (κ2) is 4.51. The van der Waals surface area contributed by atoms with E-state index in [-0.39, 0.29) is 12.2 Å². The van der Waals surface area contributed by atoms with Crippen LogP contribution in [-0.4, -0.2) is 18.2 Å². The molecule has 0 aromatic heterocycles. The summed E-state index contributed by atoms with van der Waals surface area (Å²) >= 11 is 0. The molecule has 0 unspecified atom stereocenters. The summed E-state index contributed by atoms with van der Waals surface area (Å²) < 4.78 is 18.1. The van der Waals surface area contributed by atoms with Crippen molar-refractivity contribution < 1.29 is 19.0 Å². The summed E-state index contributed by atoms with van der Waals surface area (Å²) in [4.78, 5) is 10.9. The Labute approximate surface area is 93.9 Å². The summed E-state index contributed by atoms with van der Waals surface area (Å²) in [5, 5.41) is 8.95. The Morgan fingerprint density at radius 2 is 2.12 bits per heavy atom. The number of carboxylic acids is 1. The van der Waals surface area contributed by atoms with Crippen LogP contribution in [0.3, 0.4) is 0 Å². The summed E-state index contributed by atoms with van der Waals surface area (Å²) in [6.07, 6.45) is 0.281. The molecule has 88 valence electrons. The van der Waals surface area contributed by atoms with Crippen molar-refractivity contribution in [3.63, 3.8) is 0 Å². The zero-order valence-electron chi connectivity index (χ0n) is 9.58. The lowest BCUT2D eigenvalue weighted by Crippen LogP contribution is -2.26. The molecule has 0 bridgehead atoms. The second-order valence-electron chi connectivity index (χ2n) is 4.33. The average molecular weight is 226 g/mol. The van der Waals surface area contributed by atoms with Crippen LogP contribution in [-0.2, 0) is 11.2 Å². The maximum absolute atomic E-state index is 13.4. The molecule has 0 aliphatic heterocycles. The average Bonchev–Trinajstić information content (AvgIpc) is 2.17. The molecule has 3 nitrogen and oxygen atoms in total. The molecule has 1 rings (SSSR count). The molecule has 16 heavy (non-hydrogen) atoms. The van der Waals surface area contributed by atoms with Gasteiger partial charge in [0.1, 0.15) is 0 Å². The molecule has 1 aromatic carbocycles. The summed E-state index contributed by atoms with van der Waals surface area (Å²) in [5.41, 5.74) is -0.258. The van der Waals surface area contributed by atoms with E-state index in [2.05, 4.69) is 0 Å². The first-order valence-electron chi connectivity index (χ1n) is 4.92. The van der Waals surface area contributed by atoms with E-state index in [1.54, 1.807) is 19.9 Å². The zero-order chi connectivity index (χ0) is 12.3. The van der Waals surface area contributed by atoms with E-state index in [9.17, 15) is 9.18 Å². The smallest absolute Gasteiger partial charge is 0.309 e. The number of rotatable bonds is 4. The van der Waals surface area contributed by atoms with Crippen LogP contribution in [0, 0.1) is 11.2 Å². The quantitative estimate of drug-likeness (QED) is 0.857. The van der Waals surface area contributed by atoms with Gasteiger partial charge >= 0.3 is 5.97 Å². The van der Waals surface area contributed by atoms with Gasteiger partial charge in [-0.1, -0.05) is 6.07 Å². The molecule has 0 spiro atoms. The van der Waals surface area contributed by atoms with E-state index in [4.69, 9.17) is 9.84 Å². The van der Waals surface area contributed by atoms with Crippen molar-refractivity contribution in [3.05, 3.63) is 29.6 Å². The SMILES string of the molecule is COc1ccc(CC(C)(C)C(=O)O)cc1F. The van der Waals surface area contributed by atoms with Crippen molar-refractivity contribution in [3.8, 4) is 5.75 Å². The molecule has 0 aliphatic rings. The fourth-order valence-corrected chi connectivity index (χ4v) is 1.41. The number of carboxylic acid groups (broad SMARTS) is 1. The van der Waals surface area contributed by atoms with Crippen molar-refractivity contribution in [1.29, 1.82) is 0 Å². The minimum Gasteiger partial charge on any atom is -0.494 e. The number of halogens is 1. The third kappa shape index (κ3) is 2.72. The van der Waals surface area contributed by atoms with Gasteiger partial charge in [0.15, 0.2) is 11.6 Å². The molecule has 0 heterocycles. The van der Waals surface area contributed by atoms with E-state index in [1.807, 2.05) is 0 Å². The van der Waals surface area contributed by atoms with E-state index >= 15 is 0 Å². The Morgan fingerprint density at radius 1 is 1.50 bits per heavy atom. The highest BCUT2D eigenvalue weighted by Crippen LogP contribution is 2.25. The van der Waals surface area contributed by atoms with Gasteiger partial charge in [0.05, 0.1) is 12.5 Å². The minimum absolute atomic E-state index is 0.164. The molecule has 1 N–H and O–H groups in total. The number of methoxy groups -OCH3 is 1. The Morgan fingerprint density at radius 3 is 2.56 bits per heavy atom. The molecular weight excluding hydrogens is 211 g/mol. The number of ether oxygens (including phenoxy) is 1. The summed E-state index contributed by atoms with van der Waals surface area (Å²) in [6.45, 7) is 3.22. The lowest BCUT2D eigenvalue weighted by atomic mass is 9.86. The molecule has 0 fully saturated rings. The topological polar surface area (TPSA) is 46.5 Å². The van der Waals surface area contributed by atoms with Gasteiger partial charge in [-0.25, -0.2) is 4.39 Å². The molecule has 0 aliphatic carbocycles. The van der Waals surface area contributed by atoms with E-state index in [0.29, 0.717) is 5.56 Å². The maximum Gasteiger partial charge on any atom is 0.309 e. The molecular formula is C12H15FO3. The summed E-state index contributed by atoms with van der Waals surface area (Å²) in [6, 6.07) is 4.48. The third-order valence-corrected chi connectivity index (χ3v) is 2.44. The van der Waals surface area contributed by atoms with Crippen LogP contribution in [0.4, 0.5) is 4.39 Å². The highest BCUT2D eigenvalue weighted by atomic mass is 19.1. The van der Waals surface area contributed by atoms with Gasteiger partial charge in [0, 0.05) is 0 Å². The van der Waals surface area contributed by atoms with Crippen molar-refractivity contribution in [1.82, 2.24) is 0 Å². The molecule has 0 atom stereocenters. The Kier molecular flexibility index (Phi) is 3.52. The van der Waals surface area contributed by atoms with E-state index in [0.717, 1.165) is 0 Å². The lowest BCUT2D eigenvalue weighted by molar-refractivity contribution is -0.146. The van der Waals surface area contributed by atoms with Crippen LogP contribution in [0.1, 0.15) is 19.4 Å². The van der Waals surface area contributed by atoms with E-state index < -0.39 is 17.2 Å². The molecule has 0 saturated carbocycles. The van der Waals surface area contributed by atoms with Crippen LogP contribution in [0.15, 0.2) is 18.2 Å². The van der Waals surface area contributed by atoms with Crippen LogP contribution >= 0.6 is 0 Å². The van der Waals surface area contributed by atoms with Gasteiger partial charge < -0.3 is 9.84 Å². The van der Waals surface area contributed by atoms with Gasteiger partial charge in [0.25, 0.3) is 0 Å². The van der Waals surface area contributed by atoms with E-state index in [1.165, 1.54) is 19.2 Å². The number of benzene rings is 1. The van der Waals surface area contributed by atoms with Crippen LogP contribution < -0.4 is 4.74 Å². The van der Waals surface area contributed by atoms with Crippen LogP contribution in [0.2, 0.25) is 0 Å². The molecule has 4 heteroatoms. The monoisotopic (exact) mass is 226 g/mol. The summed E-state index contributed by atoms with van der Waals surface area (Å²) in [7, 11) is 1.39. The Bertz CT molecular complexity index is 399. The fourth-order valence-electron chi connectivity index (χ4n) is 1.41.